The topological polar surface area (TPSA) is 58.8 Å². The molecular formula is C15H22ClN3O2. The van der Waals surface area contributed by atoms with Gasteiger partial charge in [0.1, 0.15) is 0 Å². The average molecular weight is 312 g/mol. The van der Waals surface area contributed by atoms with Gasteiger partial charge in [-0.3, -0.25) is 9.69 Å². The molecule has 1 aromatic carbocycles. The number of amides is 1. The molecule has 6 heteroatoms. The molecule has 1 unspecified atom stereocenters. The highest BCUT2D eigenvalue weighted by molar-refractivity contribution is 6.30. The van der Waals surface area contributed by atoms with Gasteiger partial charge in [-0.05, 0) is 17.7 Å². The van der Waals surface area contributed by atoms with Crippen LogP contribution in [-0.4, -0.2) is 61.6 Å². The maximum Gasteiger partial charge on any atom is 0.236 e. The van der Waals surface area contributed by atoms with Crippen molar-refractivity contribution < 1.29 is 9.53 Å². The molecule has 2 rings (SSSR count). The maximum atomic E-state index is 12.3. The lowest BCUT2D eigenvalue weighted by molar-refractivity contribution is -0.133. The van der Waals surface area contributed by atoms with Crippen LogP contribution in [0.25, 0.3) is 0 Å². The van der Waals surface area contributed by atoms with E-state index in [-0.39, 0.29) is 12.0 Å². The van der Waals surface area contributed by atoms with Gasteiger partial charge in [-0.2, -0.15) is 0 Å². The molecule has 0 radical (unpaired) electrons. The van der Waals surface area contributed by atoms with Crippen molar-refractivity contribution in [3.8, 4) is 0 Å². The van der Waals surface area contributed by atoms with E-state index in [4.69, 9.17) is 22.1 Å². The lowest BCUT2D eigenvalue weighted by atomic mass is 10.2. The quantitative estimate of drug-likeness (QED) is 0.880. The van der Waals surface area contributed by atoms with E-state index in [0.29, 0.717) is 37.8 Å². The summed E-state index contributed by atoms with van der Waals surface area (Å²) in [5.41, 5.74) is 6.64. The highest BCUT2D eigenvalue weighted by atomic mass is 35.5. The van der Waals surface area contributed by atoms with Crippen LogP contribution in [0.1, 0.15) is 5.56 Å². The van der Waals surface area contributed by atoms with Crippen molar-refractivity contribution in [2.75, 3.05) is 39.8 Å². The summed E-state index contributed by atoms with van der Waals surface area (Å²) in [6, 6.07) is 7.57. The summed E-state index contributed by atoms with van der Waals surface area (Å²) >= 11 is 5.96. The van der Waals surface area contributed by atoms with Crippen molar-refractivity contribution in [3.05, 3.63) is 34.9 Å². The summed E-state index contributed by atoms with van der Waals surface area (Å²) in [5, 5.41) is 0.687. The molecule has 116 valence electrons. The third kappa shape index (κ3) is 4.97. The predicted molar refractivity (Wildman–Crippen MR) is 83.2 cm³/mol. The zero-order valence-electron chi connectivity index (χ0n) is 12.3. The zero-order chi connectivity index (χ0) is 15.2. The third-order valence-corrected chi connectivity index (χ3v) is 3.81. The van der Waals surface area contributed by atoms with Crippen molar-refractivity contribution >= 4 is 17.5 Å². The first-order valence-corrected chi connectivity index (χ1v) is 7.48. The van der Waals surface area contributed by atoms with Crippen LogP contribution in [0.3, 0.4) is 0 Å². The number of likely N-dealkylation sites (N-methyl/N-ethyl adjacent to an activating group) is 1. The number of rotatable bonds is 5. The van der Waals surface area contributed by atoms with Gasteiger partial charge in [0.25, 0.3) is 0 Å². The Balaban J connectivity index is 1.85. The Bertz CT molecular complexity index is 484. The molecule has 21 heavy (non-hydrogen) atoms. The van der Waals surface area contributed by atoms with Gasteiger partial charge in [0.05, 0.1) is 19.3 Å². The van der Waals surface area contributed by atoms with Gasteiger partial charge in [-0.25, -0.2) is 0 Å². The summed E-state index contributed by atoms with van der Waals surface area (Å²) in [6.07, 6.45) is 0.0322. The van der Waals surface area contributed by atoms with Crippen molar-refractivity contribution in [1.82, 2.24) is 9.80 Å². The molecule has 5 nitrogen and oxygen atoms in total. The third-order valence-electron chi connectivity index (χ3n) is 3.58. The van der Waals surface area contributed by atoms with E-state index in [1.54, 1.807) is 4.90 Å². The van der Waals surface area contributed by atoms with E-state index in [0.717, 1.165) is 12.1 Å². The lowest BCUT2D eigenvalue weighted by Gasteiger charge is -2.32. The Labute approximate surface area is 130 Å². The molecule has 1 aliphatic rings. The number of nitrogens with two attached hydrogens (primary N) is 1. The van der Waals surface area contributed by atoms with Crippen molar-refractivity contribution in [2.24, 2.45) is 5.73 Å². The van der Waals surface area contributed by atoms with Gasteiger partial charge >= 0.3 is 0 Å². The molecule has 0 saturated carbocycles. The molecule has 1 saturated heterocycles. The van der Waals surface area contributed by atoms with E-state index in [1.807, 2.05) is 31.3 Å². The fourth-order valence-corrected chi connectivity index (χ4v) is 2.59. The van der Waals surface area contributed by atoms with E-state index in [2.05, 4.69) is 4.90 Å². The Kier molecular flexibility index (Phi) is 5.99. The molecule has 1 amide bonds. The predicted octanol–water partition coefficient (Wildman–Crippen LogP) is 0.958. The maximum absolute atomic E-state index is 12.3. The van der Waals surface area contributed by atoms with Crippen LogP contribution < -0.4 is 5.73 Å². The van der Waals surface area contributed by atoms with Crippen molar-refractivity contribution in [3.63, 3.8) is 0 Å². The molecule has 1 aromatic rings. The number of morpholine rings is 1. The second-order valence-corrected chi connectivity index (χ2v) is 5.78. The molecule has 1 fully saturated rings. The highest BCUT2D eigenvalue weighted by Gasteiger charge is 2.22. The number of benzene rings is 1. The first-order chi connectivity index (χ1) is 10.1. The number of nitrogens with zero attached hydrogens (tertiary/aromatic N) is 2. The summed E-state index contributed by atoms with van der Waals surface area (Å²) in [6.45, 7) is 3.57. The summed E-state index contributed by atoms with van der Waals surface area (Å²) in [7, 11) is 1.81. The van der Waals surface area contributed by atoms with Gasteiger partial charge in [0.2, 0.25) is 5.91 Å². The van der Waals surface area contributed by atoms with Gasteiger partial charge in [-0.15, -0.1) is 0 Å². The molecule has 0 spiro atoms. The summed E-state index contributed by atoms with van der Waals surface area (Å²) in [5.74, 6) is 0.0904. The van der Waals surface area contributed by atoms with Gasteiger partial charge < -0.3 is 15.4 Å². The fourth-order valence-electron chi connectivity index (χ4n) is 2.38. The van der Waals surface area contributed by atoms with Crippen LogP contribution in [0.15, 0.2) is 24.3 Å². The molecule has 2 N–H and O–H groups in total. The zero-order valence-corrected chi connectivity index (χ0v) is 13.1. The number of carbonyl (C=O) groups is 1. The summed E-state index contributed by atoms with van der Waals surface area (Å²) in [4.78, 5) is 16.1. The van der Waals surface area contributed by atoms with Crippen LogP contribution >= 0.6 is 11.6 Å². The second-order valence-electron chi connectivity index (χ2n) is 5.34. The number of ether oxygens (including phenoxy) is 1. The van der Waals surface area contributed by atoms with E-state index in [9.17, 15) is 4.79 Å². The normalized spacial score (nSPS) is 19.5. The Morgan fingerprint density at radius 3 is 3.10 bits per heavy atom. The smallest absolute Gasteiger partial charge is 0.236 e. The molecule has 0 bridgehead atoms. The minimum absolute atomic E-state index is 0.0322. The SMILES string of the molecule is CN(Cc1cccc(Cl)c1)C(=O)CN1CCOC(CN)C1. The van der Waals surface area contributed by atoms with E-state index >= 15 is 0 Å². The van der Waals surface area contributed by atoms with Crippen LogP contribution in [0.4, 0.5) is 0 Å². The van der Waals surface area contributed by atoms with Gasteiger partial charge in [-0.1, -0.05) is 23.7 Å². The number of halogens is 1. The second kappa shape index (κ2) is 7.75. The standard InChI is InChI=1S/C15H22ClN3O2/c1-18(9-12-3-2-4-13(16)7-12)15(20)11-19-5-6-21-14(8-17)10-19/h2-4,7,14H,5-6,8-11,17H2,1H3. The first-order valence-electron chi connectivity index (χ1n) is 7.11. The Morgan fingerprint density at radius 2 is 2.38 bits per heavy atom. The number of hydrogen-bond donors (Lipinski definition) is 1. The van der Waals surface area contributed by atoms with Gasteiger partial charge in [0, 0.05) is 38.2 Å². The van der Waals surface area contributed by atoms with Crippen LogP contribution in [-0.2, 0) is 16.1 Å². The van der Waals surface area contributed by atoms with Crippen molar-refractivity contribution in [2.45, 2.75) is 12.6 Å². The molecule has 0 aromatic heterocycles. The van der Waals surface area contributed by atoms with E-state index in [1.165, 1.54) is 0 Å². The summed E-state index contributed by atoms with van der Waals surface area (Å²) < 4.78 is 5.50. The Morgan fingerprint density at radius 1 is 1.57 bits per heavy atom. The fraction of sp³-hybridized carbons (Fsp3) is 0.533. The monoisotopic (exact) mass is 311 g/mol. The average Bonchev–Trinajstić information content (AvgIpc) is 2.47. The van der Waals surface area contributed by atoms with Crippen molar-refractivity contribution in [1.29, 1.82) is 0 Å². The number of carbonyl (C=O) groups excluding carboxylic acids is 1. The molecule has 1 aliphatic heterocycles. The van der Waals surface area contributed by atoms with Crippen LogP contribution in [0, 0.1) is 0 Å². The minimum Gasteiger partial charge on any atom is -0.374 e. The van der Waals surface area contributed by atoms with Crippen LogP contribution in [0.2, 0.25) is 5.02 Å². The van der Waals surface area contributed by atoms with Gasteiger partial charge in [0.15, 0.2) is 0 Å². The molecule has 1 atom stereocenters. The molecule has 0 aliphatic carbocycles. The highest BCUT2D eigenvalue weighted by Crippen LogP contribution is 2.12. The van der Waals surface area contributed by atoms with E-state index < -0.39 is 0 Å². The largest absolute Gasteiger partial charge is 0.374 e. The first kappa shape index (κ1) is 16.2. The minimum atomic E-state index is 0.0322. The number of hydrogen-bond acceptors (Lipinski definition) is 4. The molecule has 1 heterocycles. The Hall–Kier alpha value is -1.14. The molecular weight excluding hydrogens is 290 g/mol. The lowest BCUT2D eigenvalue weighted by Crippen LogP contribution is -2.49. The van der Waals surface area contributed by atoms with Crippen LogP contribution in [0.5, 0.6) is 0 Å².